The molecule has 4 saturated heterocycles. The lowest BCUT2D eigenvalue weighted by molar-refractivity contribution is -0.137. The average Bonchev–Trinajstić information content (AvgIpc) is 3.60. The Labute approximate surface area is 253 Å². The molecule has 0 aromatic carbocycles. The molecule has 242 valence electrons. The van der Waals surface area contributed by atoms with Crippen molar-refractivity contribution in [3.63, 3.8) is 0 Å². The van der Waals surface area contributed by atoms with Crippen molar-refractivity contribution in [1.82, 2.24) is 30.2 Å². The summed E-state index contributed by atoms with van der Waals surface area (Å²) in [5.74, 6) is -1.42. The van der Waals surface area contributed by atoms with E-state index in [-0.39, 0.29) is 73.7 Å². The van der Waals surface area contributed by atoms with E-state index in [1.54, 1.807) is 4.90 Å². The number of hydrogen-bond acceptors (Lipinski definition) is 9. The molecule has 4 aliphatic rings. The molecule has 45 heavy (non-hydrogen) atoms. The Kier molecular flexibility index (Phi) is 7.04. The first-order valence-corrected chi connectivity index (χ1v) is 14.8. The molecule has 16 heteroatoms. The van der Waals surface area contributed by atoms with Gasteiger partial charge in [0.1, 0.15) is 41.3 Å². The molecule has 0 spiro atoms. The topological polar surface area (TPSA) is 105 Å². The minimum absolute atomic E-state index is 0.00271. The van der Waals surface area contributed by atoms with E-state index in [0.29, 0.717) is 19.4 Å². The Morgan fingerprint density at radius 3 is 2.71 bits per heavy atom. The Balaban J connectivity index is 1.36. The van der Waals surface area contributed by atoms with Crippen molar-refractivity contribution in [3.8, 4) is 17.4 Å². The normalized spacial score (nSPS) is 28.4. The number of ether oxygens (including phenoxy) is 1. The summed E-state index contributed by atoms with van der Waals surface area (Å²) in [6.07, 6.45) is -5.04. The SMILES string of the molecule is Cc1cc(N)nc(-c2ncc3c(N4CC5CCC(C(F)F)(C4)N5)nc(OCC45CCCN4CC(F)C5)nc3c2F)c1C(F)(F)F. The van der Waals surface area contributed by atoms with Crippen LogP contribution in [-0.2, 0) is 6.18 Å². The largest absolute Gasteiger partial charge is 0.461 e. The third kappa shape index (κ3) is 5.00. The molecule has 4 aliphatic heterocycles. The number of rotatable bonds is 6. The van der Waals surface area contributed by atoms with Gasteiger partial charge in [0.2, 0.25) is 0 Å². The van der Waals surface area contributed by atoms with E-state index < -0.39 is 58.1 Å². The minimum atomic E-state index is -4.90. The summed E-state index contributed by atoms with van der Waals surface area (Å²) in [6, 6.07) is 0.437. The van der Waals surface area contributed by atoms with Crippen LogP contribution in [0.1, 0.15) is 43.2 Å². The van der Waals surface area contributed by atoms with Crippen LogP contribution >= 0.6 is 0 Å². The van der Waals surface area contributed by atoms with Crippen LogP contribution in [0.4, 0.5) is 42.4 Å². The van der Waals surface area contributed by atoms with Gasteiger partial charge in [0.15, 0.2) is 5.82 Å². The van der Waals surface area contributed by atoms with E-state index in [1.807, 2.05) is 4.90 Å². The molecular formula is C29H31F7N8O. The molecule has 9 nitrogen and oxygen atoms in total. The monoisotopic (exact) mass is 640 g/mol. The maximum Gasteiger partial charge on any atom is 0.418 e. The highest BCUT2D eigenvalue weighted by molar-refractivity contribution is 5.92. The number of halogens is 7. The van der Waals surface area contributed by atoms with E-state index in [1.165, 1.54) is 6.92 Å². The zero-order chi connectivity index (χ0) is 31.9. The van der Waals surface area contributed by atoms with Gasteiger partial charge in [-0.2, -0.15) is 23.1 Å². The number of anilines is 2. The molecular weight excluding hydrogens is 609 g/mol. The average molecular weight is 641 g/mol. The van der Waals surface area contributed by atoms with Gasteiger partial charge in [0.25, 0.3) is 6.43 Å². The van der Waals surface area contributed by atoms with E-state index in [2.05, 4.69) is 25.3 Å². The Hall–Kier alpha value is -3.53. The lowest BCUT2D eigenvalue weighted by atomic mass is 9.95. The first-order valence-electron chi connectivity index (χ1n) is 14.8. The highest BCUT2D eigenvalue weighted by atomic mass is 19.4. The van der Waals surface area contributed by atoms with E-state index in [9.17, 15) is 26.3 Å². The quantitative estimate of drug-likeness (QED) is 0.372. The second-order valence-electron chi connectivity index (χ2n) is 12.7. The predicted octanol–water partition coefficient (Wildman–Crippen LogP) is 4.67. The molecule has 2 bridgehead atoms. The fourth-order valence-electron chi connectivity index (χ4n) is 7.69. The third-order valence-electron chi connectivity index (χ3n) is 9.68. The van der Waals surface area contributed by atoms with Crippen molar-refractivity contribution in [1.29, 1.82) is 0 Å². The summed E-state index contributed by atoms with van der Waals surface area (Å²) in [7, 11) is 0. The number of aryl methyl sites for hydroxylation is 1. The maximum atomic E-state index is 16.4. The van der Waals surface area contributed by atoms with E-state index in [0.717, 1.165) is 18.7 Å². The highest BCUT2D eigenvalue weighted by Gasteiger charge is 2.52. The van der Waals surface area contributed by atoms with Crippen molar-refractivity contribution < 1.29 is 35.5 Å². The molecule has 3 N–H and O–H groups in total. The number of pyridine rings is 2. The van der Waals surface area contributed by atoms with Gasteiger partial charge in [-0.15, -0.1) is 0 Å². The number of alkyl halides is 6. The van der Waals surface area contributed by atoms with Crippen LogP contribution in [-0.4, -0.2) is 87.3 Å². The smallest absolute Gasteiger partial charge is 0.418 e. The highest BCUT2D eigenvalue weighted by Crippen LogP contribution is 2.43. The number of nitrogens with two attached hydrogens (primary N) is 1. The number of aromatic nitrogens is 4. The fourth-order valence-corrected chi connectivity index (χ4v) is 7.69. The molecule has 0 amide bonds. The summed E-state index contributed by atoms with van der Waals surface area (Å²) in [6.45, 7) is 2.25. The van der Waals surface area contributed by atoms with Crippen LogP contribution in [0, 0.1) is 12.7 Å². The van der Waals surface area contributed by atoms with E-state index in [4.69, 9.17) is 10.5 Å². The van der Waals surface area contributed by atoms with Gasteiger partial charge in [-0.05, 0) is 50.8 Å². The zero-order valence-corrected chi connectivity index (χ0v) is 24.3. The van der Waals surface area contributed by atoms with E-state index >= 15 is 4.39 Å². The van der Waals surface area contributed by atoms with Crippen molar-refractivity contribution in [3.05, 3.63) is 29.2 Å². The molecule has 7 heterocycles. The Morgan fingerprint density at radius 2 is 1.96 bits per heavy atom. The molecule has 0 radical (unpaired) electrons. The standard InChI is InChI=1S/C29H31F7N8O/c1-14-7-18(37)39-22(19(14)29(34,35)36)23-20(31)21-17(9-38-23)24(43-11-16-3-5-28(12-43,42-16)25(32)33)41-26(40-21)45-13-27-4-2-6-44(27)10-15(30)8-27/h7,9,15-16,25,42H,2-6,8,10-13H2,1H3,(H2,37,39). The lowest BCUT2D eigenvalue weighted by Gasteiger charge is -2.41. The van der Waals surface area contributed by atoms with Gasteiger partial charge in [0, 0.05) is 38.3 Å². The summed E-state index contributed by atoms with van der Waals surface area (Å²) < 4.78 is 108. The fraction of sp³-hybridized carbons (Fsp3) is 0.586. The number of hydrogen-bond donors (Lipinski definition) is 2. The van der Waals surface area contributed by atoms with Crippen molar-refractivity contribution in [2.75, 3.05) is 43.4 Å². The van der Waals surface area contributed by atoms with Gasteiger partial charge in [0.05, 0.1) is 22.0 Å². The molecule has 4 fully saturated rings. The van der Waals surface area contributed by atoms with Crippen LogP contribution in [0.2, 0.25) is 0 Å². The van der Waals surface area contributed by atoms with Gasteiger partial charge in [-0.25, -0.2) is 22.5 Å². The van der Waals surface area contributed by atoms with Gasteiger partial charge in [-0.3, -0.25) is 9.88 Å². The molecule has 0 aliphatic carbocycles. The summed E-state index contributed by atoms with van der Waals surface area (Å²) in [5, 5.41) is 3.01. The molecule has 4 unspecified atom stereocenters. The summed E-state index contributed by atoms with van der Waals surface area (Å²) in [5.41, 5.74) is 0.223. The molecule has 4 atom stereocenters. The van der Waals surface area contributed by atoms with Crippen LogP contribution in [0.15, 0.2) is 12.3 Å². The summed E-state index contributed by atoms with van der Waals surface area (Å²) in [4.78, 5) is 20.2. The summed E-state index contributed by atoms with van der Waals surface area (Å²) >= 11 is 0. The molecule has 3 aromatic rings. The number of nitrogen functional groups attached to an aromatic ring is 1. The predicted molar refractivity (Wildman–Crippen MR) is 150 cm³/mol. The van der Waals surface area contributed by atoms with Crippen LogP contribution in [0.25, 0.3) is 22.3 Å². The minimum Gasteiger partial charge on any atom is -0.461 e. The van der Waals surface area contributed by atoms with Crippen molar-refractivity contribution in [2.24, 2.45) is 0 Å². The molecule has 0 saturated carbocycles. The van der Waals surface area contributed by atoms with Crippen LogP contribution < -0.4 is 20.7 Å². The number of nitrogens with zero attached hydrogens (tertiary/aromatic N) is 6. The molecule has 3 aromatic heterocycles. The number of piperazine rings is 1. The second-order valence-corrected chi connectivity index (χ2v) is 12.7. The van der Waals surface area contributed by atoms with Crippen LogP contribution in [0.5, 0.6) is 6.01 Å². The third-order valence-corrected chi connectivity index (χ3v) is 9.68. The van der Waals surface area contributed by atoms with Gasteiger partial charge < -0.3 is 20.7 Å². The first kappa shape index (κ1) is 30.1. The molecule has 7 rings (SSSR count). The van der Waals surface area contributed by atoms with Gasteiger partial charge in [-0.1, -0.05) is 0 Å². The first-order chi connectivity index (χ1) is 21.3. The number of fused-ring (bicyclic) bond motifs is 4. The Bertz CT molecular complexity index is 1660. The number of nitrogens with one attached hydrogen (secondary N) is 1. The Morgan fingerprint density at radius 1 is 1.16 bits per heavy atom. The van der Waals surface area contributed by atoms with Gasteiger partial charge >= 0.3 is 12.2 Å². The second kappa shape index (κ2) is 10.5. The maximum absolute atomic E-state index is 16.4. The van der Waals surface area contributed by atoms with Crippen molar-refractivity contribution in [2.45, 2.75) is 74.9 Å². The lowest BCUT2D eigenvalue weighted by Crippen LogP contribution is -2.63. The van der Waals surface area contributed by atoms with Crippen molar-refractivity contribution >= 4 is 22.5 Å². The van der Waals surface area contributed by atoms with Crippen LogP contribution in [0.3, 0.4) is 0 Å². The zero-order valence-electron chi connectivity index (χ0n) is 24.3.